The minimum Gasteiger partial charge on any atom is -0.338 e. The van der Waals surface area contributed by atoms with Crippen molar-refractivity contribution in [3.63, 3.8) is 0 Å². The molecule has 1 aromatic carbocycles. The average molecular weight is 316 g/mol. The van der Waals surface area contributed by atoms with E-state index in [4.69, 9.17) is 16.1 Å². The number of hydrogen-bond acceptors (Lipinski definition) is 5. The second-order valence-electron chi connectivity index (χ2n) is 5.35. The fourth-order valence-electron chi connectivity index (χ4n) is 2.56. The van der Waals surface area contributed by atoms with Gasteiger partial charge in [0, 0.05) is 36.1 Å². The van der Waals surface area contributed by atoms with Gasteiger partial charge >= 0.3 is 0 Å². The van der Waals surface area contributed by atoms with Crippen molar-refractivity contribution in [2.45, 2.75) is 12.6 Å². The van der Waals surface area contributed by atoms with Crippen LogP contribution in [0.15, 0.2) is 47.2 Å². The van der Waals surface area contributed by atoms with Crippen molar-refractivity contribution in [1.29, 1.82) is 0 Å². The highest BCUT2D eigenvalue weighted by Crippen LogP contribution is 2.23. The number of likely N-dealkylation sites (tertiary alicyclic amines) is 1. The Kier molecular flexibility index (Phi) is 3.40. The van der Waals surface area contributed by atoms with Crippen LogP contribution < -0.4 is 0 Å². The largest absolute Gasteiger partial charge is 0.338 e. The smallest absolute Gasteiger partial charge is 0.241 e. The van der Waals surface area contributed by atoms with E-state index in [9.17, 15) is 0 Å². The van der Waals surface area contributed by atoms with Crippen LogP contribution in [0.1, 0.15) is 11.9 Å². The molecule has 4 rings (SSSR count). The number of rotatable bonds is 4. The van der Waals surface area contributed by atoms with E-state index in [1.165, 1.54) is 0 Å². The number of aromatic nitrogens is 4. The molecule has 0 spiro atoms. The van der Waals surface area contributed by atoms with Crippen LogP contribution in [0.4, 0.5) is 0 Å². The second-order valence-corrected chi connectivity index (χ2v) is 5.79. The van der Waals surface area contributed by atoms with Gasteiger partial charge in [0.05, 0.1) is 12.6 Å². The zero-order valence-electron chi connectivity index (χ0n) is 11.8. The Hall–Kier alpha value is -2.18. The molecule has 0 bridgehead atoms. The first-order valence-electron chi connectivity index (χ1n) is 7.08. The number of benzene rings is 1. The highest BCUT2D eigenvalue weighted by Gasteiger charge is 2.29. The zero-order chi connectivity index (χ0) is 14.9. The fraction of sp³-hybridized carbons (Fsp3) is 0.267. The van der Waals surface area contributed by atoms with Gasteiger partial charge in [0.25, 0.3) is 0 Å². The third-order valence-corrected chi connectivity index (χ3v) is 4.02. The van der Waals surface area contributed by atoms with Crippen LogP contribution in [0.5, 0.6) is 0 Å². The summed E-state index contributed by atoms with van der Waals surface area (Å²) in [5, 5.41) is 8.97. The van der Waals surface area contributed by atoms with E-state index in [1.807, 2.05) is 41.2 Å². The van der Waals surface area contributed by atoms with Gasteiger partial charge in [0.1, 0.15) is 0 Å². The highest BCUT2D eigenvalue weighted by atomic mass is 35.5. The van der Waals surface area contributed by atoms with Gasteiger partial charge in [-0.2, -0.15) is 10.1 Å². The molecule has 7 heteroatoms. The van der Waals surface area contributed by atoms with E-state index in [2.05, 4.69) is 20.1 Å². The molecule has 0 aliphatic carbocycles. The normalized spacial score (nSPS) is 15.9. The van der Waals surface area contributed by atoms with Gasteiger partial charge in [0.2, 0.25) is 11.7 Å². The maximum absolute atomic E-state index is 5.88. The molecule has 3 heterocycles. The molecule has 1 saturated heterocycles. The Morgan fingerprint density at radius 3 is 2.77 bits per heavy atom. The van der Waals surface area contributed by atoms with Crippen molar-refractivity contribution in [2.75, 3.05) is 13.1 Å². The predicted octanol–water partition coefficient (Wildman–Crippen LogP) is 2.64. The zero-order valence-corrected chi connectivity index (χ0v) is 12.5. The van der Waals surface area contributed by atoms with Gasteiger partial charge in [0.15, 0.2) is 0 Å². The van der Waals surface area contributed by atoms with Crippen LogP contribution in [0.25, 0.3) is 11.4 Å². The minimum absolute atomic E-state index is 0.439. The Balaban J connectivity index is 1.38. The first-order chi connectivity index (χ1) is 10.8. The van der Waals surface area contributed by atoms with Crippen molar-refractivity contribution in [3.8, 4) is 11.4 Å². The summed E-state index contributed by atoms with van der Waals surface area (Å²) in [6.45, 7) is 2.55. The highest BCUT2D eigenvalue weighted by molar-refractivity contribution is 6.30. The molecular weight excluding hydrogens is 302 g/mol. The van der Waals surface area contributed by atoms with E-state index in [0.29, 0.717) is 29.3 Å². The maximum atomic E-state index is 5.88. The average Bonchev–Trinajstić information content (AvgIpc) is 3.15. The molecule has 112 valence electrons. The van der Waals surface area contributed by atoms with E-state index in [1.54, 1.807) is 6.20 Å². The lowest BCUT2D eigenvalue weighted by molar-refractivity contribution is 0.0791. The number of halogens is 1. The Morgan fingerprint density at radius 1 is 1.23 bits per heavy atom. The van der Waals surface area contributed by atoms with Gasteiger partial charge in [-0.05, 0) is 30.3 Å². The van der Waals surface area contributed by atoms with Gasteiger partial charge in [-0.1, -0.05) is 16.8 Å². The molecule has 6 nitrogen and oxygen atoms in total. The van der Waals surface area contributed by atoms with E-state index < -0.39 is 0 Å². The third-order valence-electron chi connectivity index (χ3n) is 3.77. The SMILES string of the molecule is Clc1ccc(-c2noc(CN3CC(n4cccn4)C3)n2)cc1. The molecule has 1 aliphatic rings. The molecule has 0 unspecified atom stereocenters. The summed E-state index contributed by atoms with van der Waals surface area (Å²) >= 11 is 5.88. The van der Waals surface area contributed by atoms with E-state index >= 15 is 0 Å². The van der Waals surface area contributed by atoms with Crippen molar-refractivity contribution >= 4 is 11.6 Å². The third kappa shape index (κ3) is 2.63. The van der Waals surface area contributed by atoms with Crippen molar-refractivity contribution in [1.82, 2.24) is 24.8 Å². The lowest BCUT2D eigenvalue weighted by atomic mass is 10.1. The van der Waals surface area contributed by atoms with Crippen LogP contribution in [0, 0.1) is 0 Å². The van der Waals surface area contributed by atoms with Crippen LogP contribution in [-0.4, -0.2) is 37.9 Å². The molecule has 1 aliphatic heterocycles. The quantitative estimate of drug-likeness (QED) is 0.740. The van der Waals surface area contributed by atoms with E-state index in [-0.39, 0.29) is 0 Å². The molecule has 1 fully saturated rings. The summed E-state index contributed by atoms with van der Waals surface area (Å²) in [6.07, 6.45) is 3.80. The summed E-state index contributed by atoms with van der Waals surface area (Å²) < 4.78 is 7.31. The number of hydrogen-bond donors (Lipinski definition) is 0. The monoisotopic (exact) mass is 315 g/mol. The molecule has 22 heavy (non-hydrogen) atoms. The van der Waals surface area contributed by atoms with Crippen molar-refractivity contribution in [3.05, 3.63) is 53.6 Å². The lowest BCUT2D eigenvalue weighted by Crippen LogP contribution is -2.47. The second kappa shape index (κ2) is 5.55. The summed E-state index contributed by atoms with van der Waals surface area (Å²) in [7, 11) is 0. The van der Waals surface area contributed by atoms with Crippen LogP contribution >= 0.6 is 11.6 Å². The summed E-state index contributed by atoms with van der Waals surface area (Å²) in [5.41, 5.74) is 0.900. The standard InChI is InChI=1S/C15H14ClN5O/c16-12-4-2-11(3-5-12)15-18-14(22-19-15)10-20-8-13(9-20)21-7-1-6-17-21/h1-7,13H,8-10H2. The van der Waals surface area contributed by atoms with Crippen LogP contribution in [0.2, 0.25) is 5.02 Å². The van der Waals surface area contributed by atoms with Crippen molar-refractivity contribution < 1.29 is 4.52 Å². The molecular formula is C15H14ClN5O. The van der Waals surface area contributed by atoms with E-state index in [0.717, 1.165) is 18.7 Å². The Bertz CT molecular complexity index is 747. The molecule has 2 aromatic heterocycles. The Morgan fingerprint density at radius 2 is 2.05 bits per heavy atom. The first kappa shape index (κ1) is 13.5. The maximum Gasteiger partial charge on any atom is 0.241 e. The Labute approximate surface area is 132 Å². The molecule has 0 radical (unpaired) electrons. The first-order valence-corrected chi connectivity index (χ1v) is 7.46. The fourth-order valence-corrected chi connectivity index (χ4v) is 2.69. The summed E-state index contributed by atoms with van der Waals surface area (Å²) in [4.78, 5) is 6.69. The van der Waals surface area contributed by atoms with Gasteiger partial charge in [-0.3, -0.25) is 9.58 Å². The van der Waals surface area contributed by atoms with Crippen LogP contribution in [-0.2, 0) is 6.54 Å². The molecule has 3 aromatic rings. The molecule has 0 atom stereocenters. The predicted molar refractivity (Wildman–Crippen MR) is 81.3 cm³/mol. The lowest BCUT2D eigenvalue weighted by Gasteiger charge is -2.38. The molecule has 0 N–H and O–H groups in total. The molecule has 0 saturated carbocycles. The summed E-state index contributed by atoms with van der Waals surface area (Å²) in [6, 6.07) is 9.78. The van der Waals surface area contributed by atoms with Crippen LogP contribution in [0.3, 0.4) is 0 Å². The van der Waals surface area contributed by atoms with Gasteiger partial charge in [-0.15, -0.1) is 0 Å². The summed E-state index contributed by atoms with van der Waals surface area (Å²) in [5.74, 6) is 1.22. The van der Waals surface area contributed by atoms with Gasteiger partial charge < -0.3 is 4.52 Å². The van der Waals surface area contributed by atoms with Crippen molar-refractivity contribution in [2.24, 2.45) is 0 Å². The number of nitrogens with zero attached hydrogens (tertiary/aromatic N) is 5. The van der Waals surface area contributed by atoms with Gasteiger partial charge in [-0.25, -0.2) is 0 Å². The minimum atomic E-state index is 0.439. The molecule has 0 amide bonds. The topological polar surface area (TPSA) is 60.0 Å².